The topological polar surface area (TPSA) is 59.1 Å². The molecular formula is C11H20N4OS. The highest BCUT2D eigenvalue weighted by Crippen LogP contribution is 2.18. The fourth-order valence-corrected chi connectivity index (χ4v) is 2.60. The van der Waals surface area contributed by atoms with Crippen LogP contribution in [0.5, 0.6) is 0 Å². The van der Waals surface area contributed by atoms with E-state index >= 15 is 0 Å². The van der Waals surface area contributed by atoms with E-state index in [4.69, 9.17) is 4.74 Å². The van der Waals surface area contributed by atoms with Gasteiger partial charge in [-0.2, -0.15) is 4.37 Å². The van der Waals surface area contributed by atoms with Gasteiger partial charge in [-0.1, -0.05) is 0 Å². The number of methoxy groups -OCH3 is 1. The largest absolute Gasteiger partial charge is 0.374 e. The molecule has 0 bridgehead atoms. The predicted molar refractivity (Wildman–Crippen MR) is 69.5 cm³/mol. The summed E-state index contributed by atoms with van der Waals surface area (Å²) in [7, 11) is 1.67. The van der Waals surface area contributed by atoms with E-state index in [0.29, 0.717) is 6.04 Å². The highest BCUT2D eigenvalue weighted by Gasteiger charge is 2.14. The Balaban J connectivity index is 1.73. The molecule has 2 rings (SSSR count). The van der Waals surface area contributed by atoms with Crippen molar-refractivity contribution in [2.45, 2.75) is 38.3 Å². The Morgan fingerprint density at radius 1 is 1.65 bits per heavy atom. The summed E-state index contributed by atoms with van der Waals surface area (Å²) in [5.74, 6) is 0.763. The molecule has 96 valence electrons. The van der Waals surface area contributed by atoms with Gasteiger partial charge < -0.3 is 15.4 Å². The van der Waals surface area contributed by atoms with Gasteiger partial charge in [-0.05, 0) is 32.7 Å². The molecule has 1 aliphatic rings. The summed E-state index contributed by atoms with van der Waals surface area (Å²) in [6.07, 6.45) is 3.72. The normalized spacial score (nSPS) is 21.6. The van der Waals surface area contributed by atoms with E-state index < -0.39 is 0 Å². The second-order valence-corrected chi connectivity index (χ2v) is 5.10. The molecule has 0 amide bonds. The van der Waals surface area contributed by atoms with Crippen molar-refractivity contribution < 1.29 is 4.74 Å². The lowest BCUT2D eigenvalue weighted by atomic mass is 10.2. The average Bonchev–Trinajstić information content (AvgIpc) is 2.99. The average molecular weight is 256 g/mol. The number of hydrogen-bond donors (Lipinski definition) is 2. The molecular weight excluding hydrogens is 236 g/mol. The van der Waals surface area contributed by atoms with E-state index in [9.17, 15) is 0 Å². The molecule has 1 fully saturated rings. The molecule has 1 aromatic heterocycles. The third kappa shape index (κ3) is 3.62. The van der Waals surface area contributed by atoms with Gasteiger partial charge in [0.15, 0.2) is 5.82 Å². The molecule has 2 atom stereocenters. The van der Waals surface area contributed by atoms with Crippen LogP contribution in [0.4, 0.5) is 5.13 Å². The summed E-state index contributed by atoms with van der Waals surface area (Å²) in [6.45, 7) is 4.07. The summed E-state index contributed by atoms with van der Waals surface area (Å²) in [6, 6.07) is 0.674. The molecule has 2 heterocycles. The van der Waals surface area contributed by atoms with Gasteiger partial charge in [0.05, 0.1) is 0 Å². The molecule has 1 aromatic rings. The van der Waals surface area contributed by atoms with Crippen LogP contribution in [-0.2, 0) is 4.74 Å². The van der Waals surface area contributed by atoms with Gasteiger partial charge in [-0.25, -0.2) is 4.98 Å². The summed E-state index contributed by atoms with van der Waals surface area (Å²) in [4.78, 5) is 4.40. The first-order valence-electron chi connectivity index (χ1n) is 6.13. The van der Waals surface area contributed by atoms with Crippen LogP contribution in [0.15, 0.2) is 0 Å². The monoisotopic (exact) mass is 256 g/mol. The third-order valence-corrected chi connectivity index (χ3v) is 3.78. The van der Waals surface area contributed by atoms with Crippen molar-refractivity contribution in [2.75, 3.05) is 25.5 Å². The maximum Gasteiger partial charge on any atom is 0.202 e. The molecule has 0 saturated carbocycles. The number of anilines is 1. The fourth-order valence-electron chi connectivity index (χ4n) is 1.93. The molecule has 0 aliphatic carbocycles. The minimum Gasteiger partial charge on any atom is -0.374 e. The van der Waals surface area contributed by atoms with Crippen LogP contribution < -0.4 is 10.6 Å². The van der Waals surface area contributed by atoms with E-state index in [1.165, 1.54) is 30.9 Å². The minimum absolute atomic E-state index is 0.0294. The first-order valence-corrected chi connectivity index (χ1v) is 6.90. The molecule has 6 heteroatoms. The Hall–Kier alpha value is -0.720. The van der Waals surface area contributed by atoms with E-state index in [1.807, 2.05) is 6.92 Å². The summed E-state index contributed by atoms with van der Waals surface area (Å²) >= 11 is 1.40. The van der Waals surface area contributed by atoms with Crippen molar-refractivity contribution in [3.63, 3.8) is 0 Å². The van der Waals surface area contributed by atoms with Crippen LogP contribution in [-0.4, -0.2) is 35.6 Å². The lowest BCUT2D eigenvalue weighted by Gasteiger charge is -2.09. The first-order chi connectivity index (χ1) is 8.29. The first kappa shape index (κ1) is 12.7. The van der Waals surface area contributed by atoms with Crippen LogP contribution in [0.25, 0.3) is 0 Å². The molecule has 2 unspecified atom stereocenters. The van der Waals surface area contributed by atoms with Crippen molar-refractivity contribution >= 4 is 16.7 Å². The lowest BCUT2D eigenvalue weighted by molar-refractivity contribution is 0.113. The van der Waals surface area contributed by atoms with E-state index in [2.05, 4.69) is 20.0 Å². The van der Waals surface area contributed by atoms with Crippen LogP contribution in [0.2, 0.25) is 0 Å². The van der Waals surface area contributed by atoms with E-state index in [1.54, 1.807) is 7.11 Å². The number of ether oxygens (including phenoxy) is 1. The maximum absolute atomic E-state index is 5.18. The van der Waals surface area contributed by atoms with Crippen molar-refractivity contribution in [3.8, 4) is 0 Å². The number of aromatic nitrogens is 2. The second kappa shape index (κ2) is 6.28. The smallest absolute Gasteiger partial charge is 0.202 e. The zero-order valence-corrected chi connectivity index (χ0v) is 11.2. The zero-order chi connectivity index (χ0) is 12.1. The Morgan fingerprint density at radius 2 is 2.53 bits per heavy atom. The van der Waals surface area contributed by atoms with Crippen LogP contribution in [0.3, 0.4) is 0 Å². The van der Waals surface area contributed by atoms with Gasteiger partial charge in [0.2, 0.25) is 5.13 Å². The second-order valence-electron chi connectivity index (χ2n) is 4.34. The molecule has 2 N–H and O–H groups in total. The van der Waals surface area contributed by atoms with E-state index in [0.717, 1.165) is 23.9 Å². The van der Waals surface area contributed by atoms with Gasteiger partial charge in [0.25, 0.3) is 0 Å². The summed E-state index contributed by atoms with van der Waals surface area (Å²) in [5, 5.41) is 7.69. The molecule has 1 saturated heterocycles. The quantitative estimate of drug-likeness (QED) is 0.813. The lowest BCUT2D eigenvalue weighted by Crippen LogP contribution is -2.24. The molecule has 1 aliphatic heterocycles. The van der Waals surface area contributed by atoms with Gasteiger partial charge in [-0.15, -0.1) is 0 Å². The fraction of sp³-hybridized carbons (Fsp3) is 0.818. The Morgan fingerprint density at radius 3 is 3.24 bits per heavy atom. The maximum atomic E-state index is 5.18. The Labute approximate surface area is 106 Å². The SMILES string of the molecule is COC(C)c1nsc(NCCC2CCCN2)n1. The Kier molecular flexibility index (Phi) is 4.70. The van der Waals surface area contributed by atoms with Crippen molar-refractivity contribution in [1.82, 2.24) is 14.7 Å². The van der Waals surface area contributed by atoms with E-state index in [-0.39, 0.29) is 6.10 Å². The van der Waals surface area contributed by atoms with Crippen molar-refractivity contribution in [1.29, 1.82) is 0 Å². The summed E-state index contributed by atoms with van der Waals surface area (Å²) < 4.78 is 9.44. The Bertz CT molecular complexity index is 338. The van der Waals surface area contributed by atoms with Crippen LogP contribution >= 0.6 is 11.5 Å². The van der Waals surface area contributed by atoms with Crippen LogP contribution in [0, 0.1) is 0 Å². The molecule has 0 spiro atoms. The number of nitrogens with zero attached hydrogens (tertiary/aromatic N) is 2. The van der Waals surface area contributed by atoms with Gasteiger partial charge in [-0.3, -0.25) is 0 Å². The number of hydrogen-bond acceptors (Lipinski definition) is 6. The van der Waals surface area contributed by atoms with Gasteiger partial charge >= 0.3 is 0 Å². The number of nitrogens with one attached hydrogen (secondary N) is 2. The highest BCUT2D eigenvalue weighted by molar-refractivity contribution is 7.09. The third-order valence-electron chi connectivity index (χ3n) is 3.09. The molecule has 17 heavy (non-hydrogen) atoms. The molecule has 5 nitrogen and oxygen atoms in total. The predicted octanol–water partition coefficient (Wildman–Crippen LogP) is 1.80. The summed E-state index contributed by atoms with van der Waals surface area (Å²) in [5.41, 5.74) is 0. The highest BCUT2D eigenvalue weighted by atomic mass is 32.1. The zero-order valence-electron chi connectivity index (χ0n) is 10.4. The molecule has 0 radical (unpaired) electrons. The van der Waals surface area contributed by atoms with Gasteiger partial charge in [0.1, 0.15) is 6.10 Å². The van der Waals surface area contributed by atoms with Crippen molar-refractivity contribution in [3.05, 3.63) is 5.82 Å². The number of rotatable bonds is 6. The standard InChI is InChI=1S/C11H20N4OS/c1-8(16-2)10-14-11(17-15-10)13-7-5-9-4-3-6-12-9/h8-9,12H,3-7H2,1-2H3,(H,13,14,15). The molecule has 0 aromatic carbocycles. The van der Waals surface area contributed by atoms with Gasteiger partial charge in [0, 0.05) is 31.2 Å². The minimum atomic E-state index is -0.0294. The van der Waals surface area contributed by atoms with Crippen molar-refractivity contribution in [2.24, 2.45) is 0 Å². The van der Waals surface area contributed by atoms with Crippen LogP contribution in [0.1, 0.15) is 38.1 Å².